The largest absolute Gasteiger partial charge is 0.483 e. The highest BCUT2D eigenvalue weighted by molar-refractivity contribution is 4.91. The third kappa shape index (κ3) is 4.53. The van der Waals surface area contributed by atoms with E-state index in [2.05, 4.69) is 0 Å². The maximum absolute atomic E-state index is 13.3. The quantitative estimate of drug-likeness (QED) is 0.571. The molecule has 2 nitrogen and oxygen atoms in total. The van der Waals surface area contributed by atoms with Crippen LogP contribution < -0.4 is 0 Å². The van der Waals surface area contributed by atoms with E-state index in [1.165, 1.54) is 4.74 Å². The first-order chi connectivity index (χ1) is 10.4. The Morgan fingerprint density at radius 2 is 0.800 bits per heavy atom. The average Bonchev–Trinajstić information content (AvgIpc) is 2.21. The van der Waals surface area contributed by atoms with E-state index in [-0.39, 0.29) is 0 Å². The molecule has 0 bridgehead atoms. The molecule has 0 aliphatic heterocycles. The normalized spacial score (nSPS) is 20.2. The lowest BCUT2D eigenvalue weighted by Gasteiger charge is -2.38. The summed E-state index contributed by atoms with van der Waals surface area (Å²) in [5.74, 6) is -13.3. The molecule has 0 saturated carbocycles. The first-order valence-electron chi connectivity index (χ1n) is 5.15. The second-order valence-corrected chi connectivity index (χ2v) is 4.24. The summed E-state index contributed by atoms with van der Waals surface area (Å²) >= 11 is 0. The van der Waals surface area contributed by atoms with E-state index in [1.807, 2.05) is 4.74 Å². The van der Waals surface area contributed by atoms with Crippen LogP contribution in [0.25, 0.3) is 0 Å². The minimum atomic E-state index is -7.52. The SMILES string of the molecule is CC(F)(OC(F)(F)C(F)(OC(F)(F)C(F)(F)F)C(F)(F)F)C(F)(F)F. The van der Waals surface area contributed by atoms with Crippen molar-refractivity contribution in [3.63, 3.8) is 0 Å². The van der Waals surface area contributed by atoms with Crippen LogP contribution in [0.15, 0.2) is 0 Å². The highest BCUT2D eigenvalue weighted by Crippen LogP contribution is 2.54. The van der Waals surface area contributed by atoms with E-state index in [0.29, 0.717) is 0 Å². The van der Waals surface area contributed by atoms with Crippen LogP contribution in [0.1, 0.15) is 6.92 Å². The van der Waals surface area contributed by atoms with Crippen molar-refractivity contribution in [2.24, 2.45) is 0 Å². The van der Waals surface area contributed by atoms with Gasteiger partial charge in [0.2, 0.25) is 0 Å². The molecule has 17 heteroatoms. The number of rotatable bonds is 5. The zero-order valence-electron chi connectivity index (χ0n) is 11.0. The minimum Gasteiger partial charge on any atom is -0.270 e. The highest BCUT2D eigenvalue weighted by Gasteiger charge is 2.82. The highest BCUT2D eigenvalue weighted by atomic mass is 19.4. The number of ether oxygens (including phenoxy) is 2. The first kappa shape index (κ1) is 23.9. The lowest BCUT2D eigenvalue weighted by Crippen LogP contribution is -2.65. The molecule has 0 heterocycles. The smallest absolute Gasteiger partial charge is 0.270 e. The molecule has 0 amide bonds. The van der Waals surface area contributed by atoms with E-state index in [0.717, 1.165) is 0 Å². The van der Waals surface area contributed by atoms with E-state index in [4.69, 9.17) is 0 Å². The molecule has 0 spiro atoms. The summed E-state index contributed by atoms with van der Waals surface area (Å²) in [5, 5.41) is 0. The maximum atomic E-state index is 13.3. The van der Waals surface area contributed by atoms with Gasteiger partial charge in [-0.2, -0.15) is 61.5 Å². The average molecular weight is 416 g/mol. The van der Waals surface area contributed by atoms with E-state index in [9.17, 15) is 65.9 Å². The lowest BCUT2D eigenvalue weighted by molar-refractivity contribution is -0.547. The summed E-state index contributed by atoms with van der Waals surface area (Å²) in [6, 6.07) is 0. The Bertz CT molecular complexity index is 471. The Kier molecular flexibility index (Phi) is 5.68. The van der Waals surface area contributed by atoms with Gasteiger partial charge in [0.25, 0.3) is 0 Å². The van der Waals surface area contributed by atoms with E-state index < -0.39 is 49.4 Å². The van der Waals surface area contributed by atoms with Crippen molar-refractivity contribution in [3.8, 4) is 0 Å². The Hall–Kier alpha value is -1.13. The fraction of sp³-hybridized carbons (Fsp3) is 1.00. The van der Waals surface area contributed by atoms with Crippen molar-refractivity contribution >= 4 is 0 Å². The van der Waals surface area contributed by atoms with Crippen molar-refractivity contribution in [1.82, 2.24) is 0 Å². The van der Waals surface area contributed by atoms with E-state index >= 15 is 0 Å². The van der Waals surface area contributed by atoms with Gasteiger partial charge >= 0.3 is 42.5 Å². The van der Waals surface area contributed by atoms with Crippen molar-refractivity contribution < 1.29 is 75.3 Å². The third-order valence-electron chi connectivity index (χ3n) is 2.16. The van der Waals surface area contributed by atoms with Crippen LogP contribution in [-0.2, 0) is 9.47 Å². The fourth-order valence-electron chi connectivity index (χ4n) is 0.881. The molecule has 0 aromatic carbocycles. The summed E-state index contributed by atoms with van der Waals surface area (Å²) in [6.45, 7) is -1.03. The summed E-state index contributed by atoms with van der Waals surface area (Å²) < 4.78 is 188. The van der Waals surface area contributed by atoms with Crippen molar-refractivity contribution in [3.05, 3.63) is 0 Å². The molecular weight excluding hydrogens is 413 g/mol. The Labute approximate surface area is 126 Å². The Balaban J connectivity index is 6.13. The lowest BCUT2D eigenvalue weighted by atomic mass is 10.2. The summed E-state index contributed by atoms with van der Waals surface area (Å²) in [6.07, 6.45) is -35.9. The second kappa shape index (κ2) is 5.95. The summed E-state index contributed by atoms with van der Waals surface area (Å²) in [5.41, 5.74) is 0. The zero-order chi connectivity index (χ0) is 20.9. The zero-order valence-corrected chi connectivity index (χ0v) is 11.0. The van der Waals surface area contributed by atoms with Gasteiger partial charge in [-0.1, -0.05) is 0 Å². The van der Waals surface area contributed by atoms with Crippen LogP contribution in [0.3, 0.4) is 0 Å². The molecule has 0 N–H and O–H groups in total. The molecular formula is C8H3F15O2. The third-order valence-corrected chi connectivity index (χ3v) is 2.16. The molecule has 0 fully saturated rings. The van der Waals surface area contributed by atoms with Gasteiger partial charge in [-0.25, -0.2) is 4.39 Å². The monoisotopic (exact) mass is 416 g/mol. The summed E-state index contributed by atoms with van der Waals surface area (Å²) in [7, 11) is 0. The molecule has 0 aliphatic carbocycles. The topological polar surface area (TPSA) is 18.5 Å². The number of halogens is 15. The van der Waals surface area contributed by atoms with E-state index in [1.54, 1.807) is 0 Å². The molecule has 0 aromatic rings. The van der Waals surface area contributed by atoms with Gasteiger partial charge in [0.1, 0.15) is 0 Å². The van der Waals surface area contributed by atoms with Crippen LogP contribution in [0.2, 0.25) is 0 Å². The van der Waals surface area contributed by atoms with Crippen molar-refractivity contribution in [1.29, 1.82) is 0 Å². The molecule has 0 radical (unpaired) electrons. The molecule has 0 rings (SSSR count). The first-order valence-corrected chi connectivity index (χ1v) is 5.15. The molecule has 0 saturated heterocycles. The minimum absolute atomic E-state index is 1.03. The predicted octanol–water partition coefficient (Wildman–Crippen LogP) is 5.24. The number of alkyl halides is 15. The van der Waals surface area contributed by atoms with Crippen LogP contribution in [0, 0.1) is 0 Å². The van der Waals surface area contributed by atoms with Crippen LogP contribution in [-0.4, -0.2) is 42.5 Å². The predicted molar refractivity (Wildman–Crippen MR) is 43.6 cm³/mol. The summed E-state index contributed by atoms with van der Waals surface area (Å²) in [4.78, 5) is 0. The number of hydrogen-bond donors (Lipinski definition) is 0. The van der Waals surface area contributed by atoms with Gasteiger partial charge in [-0.15, -0.1) is 0 Å². The van der Waals surface area contributed by atoms with Crippen molar-refractivity contribution in [2.75, 3.05) is 0 Å². The molecule has 2 unspecified atom stereocenters. The van der Waals surface area contributed by atoms with Gasteiger partial charge < -0.3 is 0 Å². The fourth-order valence-corrected chi connectivity index (χ4v) is 0.881. The molecule has 25 heavy (non-hydrogen) atoms. The van der Waals surface area contributed by atoms with Gasteiger partial charge in [0, 0.05) is 6.92 Å². The maximum Gasteiger partial charge on any atom is 0.483 e. The van der Waals surface area contributed by atoms with Gasteiger partial charge in [-0.3, -0.25) is 9.47 Å². The Morgan fingerprint density at radius 3 is 1.04 bits per heavy atom. The molecule has 152 valence electrons. The van der Waals surface area contributed by atoms with Crippen LogP contribution in [0.5, 0.6) is 0 Å². The molecule has 0 aromatic heterocycles. The van der Waals surface area contributed by atoms with Crippen LogP contribution >= 0.6 is 0 Å². The van der Waals surface area contributed by atoms with Gasteiger partial charge in [0.15, 0.2) is 0 Å². The second-order valence-electron chi connectivity index (χ2n) is 4.24. The van der Waals surface area contributed by atoms with Crippen molar-refractivity contribution in [2.45, 2.75) is 49.4 Å². The van der Waals surface area contributed by atoms with Gasteiger partial charge in [0.05, 0.1) is 0 Å². The number of hydrogen-bond acceptors (Lipinski definition) is 2. The molecule has 0 aliphatic rings. The molecule has 2 atom stereocenters. The Morgan fingerprint density at radius 1 is 0.440 bits per heavy atom. The van der Waals surface area contributed by atoms with Gasteiger partial charge in [-0.05, 0) is 0 Å². The van der Waals surface area contributed by atoms with Crippen LogP contribution in [0.4, 0.5) is 65.9 Å². The standard InChI is InChI=1S/C8H3F15O2/c1-2(9,4(11,12)13)24-7(20,21)3(10,5(14,15)16)25-8(22,23)6(17,18)19/h1H3.